The molecule has 1 amide bonds. The minimum atomic E-state index is -1.01. The molecule has 1 fully saturated rings. The Morgan fingerprint density at radius 1 is 1.21 bits per heavy atom. The molecule has 0 unspecified atom stereocenters. The highest BCUT2D eigenvalue weighted by molar-refractivity contribution is 7.99. The molecule has 3 aromatic rings. The predicted molar refractivity (Wildman–Crippen MR) is 113 cm³/mol. The van der Waals surface area contributed by atoms with Crippen molar-refractivity contribution in [2.75, 3.05) is 12.8 Å². The SMILES string of the molecule is CN(C(=O)CSc1nnc2ccccn12)[C@]1(c2ccccc2Cl)CCCCC1=O. The maximum absolute atomic E-state index is 13.2. The number of likely N-dealkylation sites (N-methyl/N-ethyl adjacent to an activating group) is 1. The Morgan fingerprint density at radius 2 is 2.00 bits per heavy atom. The molecule has 4 rings (SSSR count). The molecule has 1 saturated carbocycles. The number of hydrogen-bond donors (Lipinski definition) is 0. The van der Waals surface area contributed by atoms with Crippen molar-refractivity contribution >= 4 is 40.7 Å². The van der Waals surface area contributed by atoms with Crippen LogP contribution in [0.3, 0.4) is 0 Å². The first-order valence-electron chi connectivity index (χ1n) is 9.51. The van der Waals surface area contributed by atoms with E-state index in [1.54, 1.807) is 18.0 Å². The Hall–Kier alpha value is -2.38. The maximum Gasteiger partial charge on any atom is 0.233 e. The minimum Gasteiger partial charge on any atom is -0.328 e. The number of hydrogen-bond acceptors (Lipinski definition) is 5. The van der Waals surface area contributed by atoms with Crippen LogP contribution in [0, 0.1) is 0 Å². The van der Waals surface area contributed by atoms with E-state index in [0.29, 0.717) is 28.6 Å². The van der Waals surface area contributed by atoms with Crippen LogP contribution in [0.4, 0.5) is 0 Å². The normalized spacial score (nSPS) is 19.4. The second kappa shape index (κ2) is 8.16. The molecular formula is C21H21ClN4O2S. The van der Waals surface area contributed by atoms with E-state index >= 15 is 0 Å². The summed E-state index contributed by atoms with van der Waals surface area (Å²) in [5.41, 5.74) is 0.423. The van der Waals surface area contributed by atoms with E-state index in [1.165, 1.54) is 11.8 Å². The first kappa shape index (κ1) is 19.9. The number of pyridine rings is 1. The third-order valence-electron chi connectivity index (χ3n) is 5.53. The van der Waals surface area contributed by atoms with Gasteiger partial charge in [0.05, 0.1) is 5.75 Å². The number of ketones is 1. The first-order valence-corrected chi connectivity index (χ1v) is 10.9. The lowest BCUT2D eigenvalue weighted by atomic mass is 9.74. The first-order chi connectivity index (χ1) is 14.0. The van der Waals surface area contributed by atoms with E-state index in [9.17, 15) is 9.59 Å². The van der Waals surface area contributed by atoms with Gasteiger partial charge in [-0.1, -0.05) is 47.6 Å². The van der Waals surface area contributed by atoms with Crippen molar-refractivity contribution in [3.63, 3.8) is 0 Å². The van der Waals surface area contributed by atoms with Crippen molar-refractivity contribution in [2.45, 2.75) is 36.4 Å². The van der Waals surface area contributed by atoms with Crippen LogP contribution in [-0.2, 0) is 15.1 Å². The van der Waals surface area contributed by atoms with E-state index in [2.05, 4.69) is 10.2 Å². The lowest BCUT2D eigenvalue weighted by Gasteiger charge is -2.44. The van der Waals surface area contributed by atoms with E-state index < -0.39 is 5.54 Å². The third kappa shape index (κ3) is 3.53. The van der Waals surface area contributed by atoms with Crippen LogP contribution in [-0.4, -0.2) is 44.0 Å². The fourth-order valence-corrected chi connectivity index (χ4v) is 5.11. The van der Waals surface area contributed by atoms with Gasteiger partial charge in [-0.25, -0.2) is 0 Å². The standard InChI is InChI=1S/C21H21ClN4O2S/c1-25(19(28)14-29-20-24-23-18-11-5-7-13-26(18)20)21(12-6-4-10-17(21)27)15-8-2-3-9-16(15)22/h2-3,5,7-9,11,13H,4,6,10,12,14H2,1H3/t21-/m0/s1. The Labute approximate surface area is 178 Å². The summed E-state index contributed by atoms with van der Waals surface area (Å²) in [6.45, 7) is 0. The van der Waals surface area contributed by atoms with Crippen molar-refractivity contribution in [1.82, 2.24) is 19.5 Å². The predicted octanol–water partition coefficient (Wildman–Crippen LogP) is 3.97. The monoisotopic (exact) mass is 428 g/mol. The summed E-state index contributed by atoms with van der Waals surface area (Å²) in [4.78, 5) is 27.9. The largest absolute Gasteiger partial charge is 0.328 e. The molecule has 8 heteroatoms. The van der Waals surface area contributed by atoms with E-state index in [1.807, 2.05) is 47.0 Å². The van der Waals surface area contributed by atoms with Gasteiger partial charge in [-0.3, -0.25) is 14.0 Å². The van der Waals surface area contributed by atoms with Gasteiger partial charge in [-0.05, 0) is 37.5 Å². The number of nitrogens with zero attached hydrogens (tertiary/aromatic N) is 4. The van der Waals surface area contributed by atoms with Crippen LogP contribution in [0.1, 0.15) is 31.2 Å². The van der Waals surface area contributed by atoms with Crippen LogP contribution in [0.25, 0.3) is 5.65 Å². The van der Waals surface area contributed by atoms with Crippen LogP contribution < -0.4 is 0 Å². The van der Waals surface area contributed by atoms with Gasteiger partial charge < -0.3 is 4.90 Å². The Kier molecular flexibility index (Phi) is 5.61. The highest BCUT2D eigenvalue weighted by Gasteiger charge is 2.47. The smallest absolute Gasteiger partial charge is 0.233 e. The summed E-state index contributed by atoms with van der Waals surface area (Å²) in [5.74, 6) is 0.0644. The van der Waals surface area contributed by atoms with Gasteiger partial charge >= 0.3 is 0 Å². The Morgan fingerprint density at radius 3 is 2.79 bits per heavy atom. The summed E-state index contributed by atoms with van der Waals surface area (Å²) < 4.78 is 1.84. The molecule has 0 aliphatic heterocycles. The molecule has 1 atom stereocenters. The van der Waals surface area contributed by atoms with Gasteiger partial charge in [-0.2, -0.15) is 0 Å². The second-order valence-corrected chi connectivity index (χ2v) is 8.47. The minimum absolute atomic E-state index is 0.0469. The lowest BCUT2D eigenvalue weighted by molar-refractivity contribution is -0.146. The molecule has 0 bridgehead atoms. The number of carbonyl (C=O) groups is 2. The zero-order chi connectivity index (χ0) is 20.4. The van der Waals surface area contributed by atoms with E-state index in [4.69, 9.17) is 11.6 Å². The zero-order valence-corrected chi connectivity index (χ0v) is 17.6. The number of Topliss-reactive ketones (excluding diaryl/α,β-unsaturated/α-hetero) is 1. The number of amides is 1. The van der Waals surface area contributed by atoms with Crippen molar-refractivity contribution in [1.29, 1.82) is 0 Å². The number of carbonyl (C=O) groups excluding carboxylic acids is 2. The molecule has 150 valence electrons. The van der Waals surface area contributed by atoms with Crippen molar-refractivity contribution in [3.05, 3.63) is 59.2 Å². The summed E-state index contributed by atoms with van der Waals surface area (Å²) >= 11 is 7.78. The van der Waals surface area contributed by atoms with Crippen LogP contribution in [0.2, 0.25) is 5.02 Å². The molecule has 0 saturated heterocycles. The van der Waals surface area contributed by atoms with Crippen molar-refractivity contribution in [2.24, 2.45) is 0 Å². The average Bonchev–Trinajstić information content (AvgIpc) is 3.16. The quantitative estimate of drug-likeness (QED) is 0.575. The van der Waals surface area contributed by atoms with Gasteiger partial charge in [-0.15, -0.1) is 10.2 Å². The summed E-state index contributed by atoms with van der Waals surface area (Å²) in [6, 6.07) is 13.0. The number of thioether (sulfide) groups is 1. The zero-order valence-electron chi connectivity index (χ0n) is 16.0. The second-order valence-electron chi connectivity index (χ2n) is 7.12. The number of halogens is 1. The molecule has 6 nitrogen and oxygen atoms in total. The topological polar surface area (TPSA) is 67.6 Å². The summed E-state index contributed by atoms with van der Waals surface area (Å²) in [5, 5.41) is 9.43. The molecule has 0 N–H and O–H groups in total. The number of benzene rings is 1. The summed E-state index contributed by atoms with van der Waals surface area (Å²) in [6.07, 6.45) is 4.60. The molecule has 1 aliphatic rings. The number of rotatable bonds is 5. The molecule has 0 radical (unpaired) electrons. The molecule has 0 spiro atoms. The highest BCUT2D eigenvalue weighted by atomic mass is 35.5. The lowest BCUT2D eigenvalue weighted by Crippen LogP contribution is -2.54. The molecule has 2 heterocycles. The van der Waals surface area contributed by atoms with Crippen LogP contribution >= 0.6 is 23.4 Å². The Bertz CT molecular complexity index is 1070. The molecule has 1 aromatic carbocycles. The Balaban J connectivity index is 1.61. The fraction of sp³-hybridized carbons (Fsp3) is 0.333. The summed E-state index contributed by atoms with van der Waals surface area (Å²) in [7, 11) is 1.71. The van der Waals surface area contributed by atoms with Crippen molar-refractivity contribution < 1.29 is 9.59 Å². The molecule has 2 aromatic heterocycles. The van der Waals surface area contributed by atoms with Gasteiger partial charge in [0.1, 0.15) is 5.54 Å². The third-order valence-corrected chi connectivity index (χ3v) is 6.78. The number of aromatic nitrogens is 3. The van der Waals surface area contributed by atoms with Gasteiger partial charge in [0.15, 0.2) is 16.6 Å². The fourth-order valence-electron chi connectivity index (χ4n) is 3.98. The van der Waals surface area contributed by atoms with Crippen LogP contribution in [0.15, 0.2) is 53.8 Å². The maximum atomic E-state index is 13.2. The number of fused-ring (bicyclic) bond motifs is 1. The van der Waals surface area contributed by atoms with Crippen LogP contribution in [0.5, 0.6) is 0 Å². The average molecular weight is 429 g/mol. The van der Waals surface area contributed by atoms with E-state index in [0.717, 1.165) is 18.5 Å². The highest BCUT2D eigenvalue weighted by Crippen LogP contribution is 2.42. The van der Waals surface area contributed by atoms with Gasteiger partial charge in [0.2, 0.25) is 5.91 Å². The molecule has 29 heavy (non-hydrogen) atoms. The van der Waals surface area contributed by atoms with Gasteiger partial charge in [0, 0.05) is 30.3 Å². The van der Waals surface area contributed by atoms with Gasteiger partial charge in [0.25, 0.3) is 0 Å². The van der Waals surface area contributed by atoms with Crippen molar-refractivity contribution in [3.8, 4) is 0 Å². The molecule has 1 aliphatic carbocycles. The molecular weight excluding hydrogens is 408 g/mol. The van der Waals surface area contributed by atoms with E-state index in [-0.39, 0.29) is 17.4 Å².